The van der Waals surface area contributed by atoms with Crippen LogP contribution in [0.2, 0.25) is 10.0 Å². The number of carbonyl (C=O) groups excluding carboxylic acids is 1. The van der Waals surface area contributed by atoms with Gasteiger partial charge in [-0.2, -0.15) is 5.26 Å². The van der Waals surface area contributed by atoms with Crippen molar-refractivity contribution in [2.45, 2.75) is 30.1 Å². The lowest BCUT2D eigenvalue weighted by atomic mass is 10.2. The molecule has 0 heterocycles. The number of nitrogens with zero attached hydrogens (tertiary/aromatic N) is 1. The van der Waals surface area contributed by atoms with Crippen LogP contribution in [0.25, 0.3) is 0 Å². The van der Waals surface area contributed by atoms with E-state index in [0.29, 0.717) is 11.3 Å². The monoisotopic (exact) mass is 456 g/mol. The SMILES string of the molecule is CC(Oc1ccc(Cl)cc1Cl)C(=O)NC(C#N)(C(C)S(C)(=O)=O)S(C)(=O)=O. The number of hydrogen-bond donors (Lipinski definition) is 1. The second-order valence-electron chi connectivity index (χ2n) is 5.92. The molecule has 12 heteroatoms. The van der Waals surface area contributed by atoms with Crippen LogP contribution in [-0.4, -0.2) is 51.5 Å². The number of halogens is 2. The number of nitriles is 1. The van der Waals surface area contributed by atoms with Crippen molar-refractivity contribution in [2.24, 2.45) is 0 Å². The van der Waals surface area contributed by atoms with E-state index in [1.807, 2.05) is 5.32 Å². The van der Waals surface area contributed by atoms with Crippen molar-refractivity contribution >= 4 is 48.8 Å². The topological polar surface area (TPSA) is 130 Å². The molecule has 0 saturated heterocycles. The molecule has 0 aromatic heterocycles. The zero-order chi connectivity index (χ0) is 21.2. The molecule has 150 valence electrons. The third-order valence-corrected chi connectivity index (χ3v) is 7.88. The van der Waals surface area contributed by atoms with Gasteiger partial charge in [0.2, 0.25) is 4.87 Å². The van der Waals surface area contributed by atoms with Gasteiger partial charge in [-0.3, -0.25) is 4.79 Å². The Morgan fingerprint density at radius 2 is 1.78 bits per heavy atom. The molecule has 1 aromatic carbocycles. The third-order valence-electron chi connectivity index (χ3n) is 3.84. The maximum atomic E-state index is 12.5. The predicted molar refractivity (Wildman–Crippen MR) is 102 cm³/mol. The molecule has 0 bridgehead atoms. The van der Waals surface area contributed by atoms with Crippen LogP contribution in [0.15, 0.2) is 18.2 Å². The number of rotatable bonds is 7. The average molecular weight is 457 g/mol. The van der Waals surface area contributed by atoms with Gasteiger partial charge in [-0.05, 0) is 32.0 Å². The van der Waals surface area contributed by atoms with Crippen molar-refractivity contribution in [3.05, 3.63) is 28.2 Å². The van der Waals surface area contributed by atoms with E-state index in [4.69, 9.17) is 27.9 Å². The van der Waals surface area contributed by atoms with Gasteiger partial charge >= 0.3 is 0 Å². The smallest absolute Gasteiger partial charge is 0.262 e. The molecular weight excluding hydrogens is 439 g/mol. The minimum absolute atomic E-state index is 0.0989. The molecule has 1 N–H and O–H groups in total. The average Bonchev–Trinajstić information content (AvgIpc) is 2.52. The predicted octanol–water partition coefficient (Wildman–Crippen LogP) is 1.57. The number of benzene rings is 1. The van der Waals surface area contributed by atoms with Gasteiger partial charge < -0.3 is 10.1 Å². The summed E-state index contributed by atoms with van der Waals surface area (Å²) < 4.78 is 53.5. The molecule has 3 atom stereocenters. The molecule has 0 saturated carbocycles. The summed E-state index contributed by atoms with van der Waals surface area (Å²) in [6.45, 7) is 2.32. The van der Waals surface area contributed by atoms with E-state index in [2.05, 4.69) is 0 Å². The number of nitrogens with one attached hydrogen (secondary N) is 1. The first-order chi connectivity index (χ1) is 12.2. The van der Waals surface area contributed by atoms with Crippen LogP contribution in [-0.2, 0) is 24.5 Å². The molecule has 1 amide bonds. The Morgan fingerprint density at radius 1 is 1.22 bits per heavy atom. The molecule has 1 rings (SSSR count). The maximum Gasteiger partial charge on any atom is 0.262 e. The highest BCUT2D eigenvalue weighted by molar-refractivity contribution is 7.96. The van der Waals surface area contributed by atoms with Crippen molar-refractivity contribution < 1.29 is 26.4 Å². The first kappa shape index (κ1) is 23.5. The minimum atomic E-state index is -4.35. The third kappa shape index (κ3) is 5.25. The van der Waals surface area contributed by atoms with E-state index in [1.165, 1.54) is 31.2 Å². The zero-order valence-electron chi connectivity index (χ0n) is 14.9. The normalized spacial score (nSPS) is 16.5. The molecule has 0 spiro atoms. The fourth-order valence-corrected chi connectivity index (χ4v) is 5.37. The minimum Gasteiger partial charge on any atom is -0.479 e. The van der Waals surface area contributed by atoms with Crippen molar-refractivity contribution in [1.82, 2.24) is 5.32 Å². The highest BCUT2D eigenvalue weighted by atomic mass is 35.5. The summed E-state index contributed by atoms with van der Waals surface area (Å²) in [5.41, 5.74) is 0. The number of ether oxygens (including phenoxy) is 1. The summed E-state index contributed by atoms with van der Waals surface area (Å²) in [7, 11) is -8.34. The number of amides is 1. The van der Waals surface area contributed by atoms with Crippen molar-refractivity contribution in [1.29, 1.82) is 5.26 Å². The summed E-state index contributed by atoms with van der Waals surface area (Å²) in [6, 6.07) is 5.68. The second kappa shape index (κ2) is 8.22. The van der Waals surface area contributed by atoms with E-state index in [1.54, 1.807) is 0 Å². The van der Waals surface area contributed by atoms with E-state index >= 15 is 0 Å². The Bertz CT molecular complexity index is 988. The molecule has 3 unspecified atom stereocenters. The van der Waals surface area contributed by atoms with Crippen LogP contribution in [0.5, 0.6) is 5.75 Å². The van der Waals surface area contributed by atoms with Gasteiger partial charge in [0.15, 0.2) is 25.8 Å². The number of hydrogen-bond acceptors (Lipinski definition) is 7. The number of carbonyl (C=O) groups is 1. The van der Waals surface area contributed by atoms with Crippen LogP contribution in [0.3, 0.4) is 0 Å². The van der Waals surface area contributed by atoms with Gasteiger partial charge in [-0.1, -0.05) is 23.2 Å². The lowest BCUT2D eigenvalue weighted by molar-refractivity contribution is -0.128. The quantitative estimate of drug-likeness (QED) is 0.658. The van der Waals surface area contributed by atoms with Gasteiger partial charge in [0.1, 0.15) is 17.1 Å². The molecule has 0 aliphatic carbocycles. The first-order valence-electron chi connectivity index (χ1n) is 7.39. The van der Waals surface area contributed by atoms with Gasteiger partial charge in [0, 0.05) is 17.5 Å². The molecule has 0 radical (unpaired) electrons. The van der Waals surface area contributed by atoms with Crippen molar-refractivity contribution in [3.63, 3.8) is 0 Å². The Kier molecular flexibility index (Phi) is 7.16. The largest absolute Gasteiger partial charge is 0.479 e. The van der Waals surface area contributed by atoms with Gasteiger partial charge in [-0.25, -0.2) is 16.8 Å². The van der Waals surface area contributed by atoms with Crippen LogP contribution in [0.4, 0.5) is 0 Å². The molecular formula is C15H18Cl2N2O6S2. The molecule has 27 heavy (non-hydrogen) atoms. The fraction of sp³-hybridized carbons (Fsp3) is 0.467. The van der Waals surface area contributed by atoms with Crippen LogP contribution in [0, 0.1) is 11.3 Å². The van der Waals surface area contributed by atoms with Crippen LogP contribution < -0.4 is 10.1 Å². The highest BCUT2D eigenvalue weighted by Crippen LogP contribution is 2.29. The first-order valence-corrected chi connectivity index (χ1v) is 12.0. The Labute approximate surface area is 168 Å². The summed E-state index contributed by atoms with van der Waals surface area (Å²) in [5.74, 6) is -0.912. The Hall–Kier alpha value is -1.54. The highest BCUT2D eigenvalue weighted by Gasteiger charge is 2.52. The van der Waals surface area contributed by atoms with Gasteiger partial charge in [-0.15, -0.1) is 0 Å². The number of sulfone groups is 2. The van der Waals surface area contributed by atoms with Gasteiger partial charge in [0.25, 0.3) is 5.91 Å². The Balaban J connectivity index is 3.22. The maximum absolute atomic E-state index is 12.5. The lowest BCUT2D eigenvalue weighted by Crippen LogP contribution is -2.63. The van der Waals surface area contributed by atoms with E-state index in [9.17, 15) is 26.9 Å². The molecule has 8 nitrogen and oxygen atoms in total. The van der Waals surface area contributed by atoms with Gasteiger partial charge in [0.05, 0.1) is 5.02 Å². The zero-order valence-corrected chi connectivity index (χ0v) is 18.0. The van der Waals surface area contributed by atoms with E-state index < -0.39 is 41.8 Å². The fourth-order valence-electron chi connectivity index (χ4n) is 2.10. The summed E-state index contributed by atoms with van der Waals surface area (Å²) in [5, 5.41) is 10.2. The standard InChI is InChI=1S/C15H18Cl2N2O6S2/c1-9(25-13-6-5-11(16)7-12(13)17)14(20)19-15(8-18,27(4,23)24)10(2)26(3,21)22/h5-7,9-10H,1-4H3,(H,19,20). The molecule has 0 fully saturated rings. The Morgan fingerprint density at radius 3 is 2.19 bits per heavy atom. The summed E-state index contributed by atoms with van der Waals surface area (Å²) in [4.78, 5) is 9.78. The lowest BCUT2D eigenvalue weighted by Gasteiger charge is -2.31. The van der Waals surface area contributed by atoms with E-state index in [-0.39, 0.29) is 10.8 Å². The van der Waals surface area contributed by atoms with Crippen molar-refractivity contribution in [2.75, 3.05) is 12.5 Å². The molecule has 0 aliphatic rings. The van der Waals surface area contributed by atoms with Crippen molar-refractivity contribution in [3.8, 4) is 11.8 Å². The summed E-state index contributed by atoms with van der Waals surface area (Å²) >= 11 is 11.7. The van der Waals surface area contributed by atoms with Crippen LogP contribution >= 0.6 is 23.2 Å². The van der Waals surface area contributed by atoms with E-state index in [0.717, 1.165) is 13.2 Å². The molecule has 1 aromatic rings. The van der Waals surface area contributed by atoms with Crippen LogP contribution in [0.1, 0.15) is 13.8 Å². The molecule has 0 aliphatic heterocycles. The summed E-state index contributed by atoms with van der Waals surface area (Å²) in [6.07, 6.45) is 0.152. The second-order valence-corrected chi connectivity index (χ2v) is 11.3.